The van der Waals surface area contributed by atoms with E-state index in [1.165, 1.54) is 16.9 Å². The topological polar surface area (TPSA) is 34.7 Å². The van der Waals surface area contributed by atoms with Gasteiger partial charge in [0.1, 0.15) is 0 Å². The highest BCUT2D eigenvalue weighted by molar-refractivity contribution is 5.93. The van der Waals surface area contributed by atoms with Crippen molar-refractivity contribution in [3.05, 3.63) is 60.1 Å². The fourth-order valence-corrected chi connectivity index (χ4v) is 3.02. The average molecular weight is 270 g/mol. The maximum Gasteiger partial charge on any atom is 0.203 e. The molecule has 0 radical (unpaired) electrons. The van der Waals surface area contributed by atoms with Gasteiger partial charge in [-0.25, -0.2) is 0 Å². The maximum absolute atomic E-state index is 11.9. The molecule has 0 saturated carbocycles. The molecule has 3 rings (SSSR count). The Morgan fingerprint density at radius 2 is 2.05 bits per heavy atom. The molecular formula is C17H20NO2+. The molecular weight excluding hydrogens is 250 g/mol. The van der Waals surface area contributed by atoms with Gasteiger partial charge >= 0.3 is 0 Å². The summed E-state index contributed by atoms with van der Waals surface area (Å²) in [6.07, 6.45) is 3.35. The Hall–Kier alpha value is -1.87. The molecule has 1 aliphatic rings. The second-order valence-corrected chi connectivity index (χ2v) is 5.50. The van der Waals surface area contributed by atoms with Crippen LogP contribution in [-0.2, 0) is 0 Å². The van der Waals surface area contributed by atoms with Crippen LogP contribution in [0.4, 0.5) is 0 Å². The van der Waals surface area contributed by atoms with Crippen LogP contribution in [0.3, 0.4) is 0 Å². The van der Waals surface area contributed by atoms with Gasteiger partial charge in [-0.2, -0.15) is 0 Å². The van der Waals surface area contributed by atoms with Gasteiger partial charge in [0.05, 0.1) is 32.3 Å². The van der Waals surface area contributed by atoms with E-state index in [2.05, 4.69) is 30.3 Å². The Balaban J connectivity index is 1.50. The lowest BCUT2D eigenvalue weighted by atomic mass is 9.99. The van der Waals surface area contributed by atoms with E-state index in [0.29, 0.717) is 18.1 Å². The molecule has 0 spiro atoms. The summed E-state index contributed by atoms with van der Waals surface area (Å²) in [4.78, 5) is 13.4. The third kappa shape index (κ3) is 2.99. The number of quaternary nitrogens is 1. The van der Waals surface area contributed by atoms with Crippen LogP contribution in [0.1, 0.15) is 34.9 Å². The second-order valence-electron chi connectivity index (χ2n) is 5.50. The van der Waals surface area contributed by atoms with E-state index in [1.54, 1.807) is 18.4 Å². The SMILES string of the molecule is O=C(CC[NH+]1CC[C@H](c2ccccc2)C1)c1ccco1. The molecule has 1 unspecified atom stereocenters. The number of nitrogens with one attached hydrogen (secondary N) is 1. The number of carbonyl (C=O) groups excluding carboxylic acids is 1. The molecule has 104 valence electrons. The smallest absolute Gasteiger partial charge is 0.203 e. The van der Waals surface area contributed by atoms with Crippen LogP contribution in [0.5, 0.6) is 0 Å². The van der Waals surface area contributed by atoms with Gasteiger partial charge in [0, 0.05) is 12.3 Å². The maximum atomic E-state index is 11.9. The van der Waals surface area contributed by atoms with Crippen molar-refractivity contribution >= 4 is 5.78 Å². The average Bonchev–Trinajstić information content (AvgIpc) is 3.17. The molecule has 1 saturated heterocycles. The minimum Gasteiger partial charge on any atom is -0.461 e. The molecule has 0 bridgehead atoms. The van der Waals surface area contributed by atoms with Crippen molar-refractivity contribution in [2.75, 3.05) is 19.6 Å². The number of carbonyl (C=O) groups is 1. The lowest BCUT2D eigenvalue weighted by Gasteiger charge is -2.12. The van der Waals surface area contributed by atoms with Gasteiger partial charge in [-0.05, 0) is 17.7 Å². The minimum atomic E-state index is 0.116. The Bertz CT molecular complexity index is 548. The van der Waals surface area contributed by atoms with E-state index >= 15 is 0 Å². The molecule has 1 aromatic heterocycles. The zero-order valence-electron chi connectivity index (χ0n) is 11.5. The molecule has 20 heavy (non-hydrogen) atoms. The van der Waals surface area contributed by atoms with Crippen LogP contribution in [0.15, 0.2) is 53.1 Å². The molecule has 1 aromatic carbocycles. The number of Topliss-reactive ketones (excluding diaryl/α,β-unsaturated/α-hetero) is 1. The van der Waals surface area contributed by atoms with E-state index in [9.17, 15) is 4.79 Å². The Labute approximate surface area is 119 Å². The lowest BCUT2D eigenvalue weighted by Crippen LogP contribution is -3.10. The Morgan fingerprint density at radius 1 is 1.20 bits per heavy atom. The van der Waals surface area contributed by atoms with Crippen LogP contribution < -0.4 is 4.90 Å². The van der Waals surface area contributed by atoms with Gasteiger partial charge in [-0.1, -0.05) is 30.3 Å². The largest absolute Gasteiger partial charge is 0.461 e. The van der Waals surface area contributed by atoms with Crippen molar-refractivity contribution in [2.45, 2.75) is 18.8 Å². The summed E-state index contributed by atoms with van der Waals surface area (Å²) in [5.41, 5.74) is 1.43. The van der Waals surface area contributed by atoms with Crippen molar-refractivity contribution in [3.8, 4) is 0 Å². The van der Waals surface area contributed by atoms with Gasteiger partial charge in [-0.3, -0.25) is 4.79 Å². The van der Waals surface area contributed by atoms with Crippen molar-refractivity contribution in [2.24, 2.45) is 0 Å². The highest BCUT2D eigenvalue weighted by Gasteiger charge is 2.27. The number of likely N-dealkylation sites (tertiary alicyclic amines) is 1. The molecule has 3 heteroatoms. The van der Waals surface area contributed by atoms with Crippen molar-refractivity contribution in [1.82, 2.24) is 0 Å². The van der Waals surface area contributed by atoms with E-state index in [1.807, 2.05) is 0 Å². The molecule has 1 fully saturated rings. The first kappa shape index (κ1) is 13.1. The van der Waals surface area contributed by atoms with Gasteiger partial charge in [-0.15, -0.1) is 0 Å². The predicted octanol–water partition coefficient (Wildman–Crippen LogP) is 1.92. The first-order valence-electron chi connectivity index (χ1n) is 7.28. The monoisotopic (exact) mass is 270 g/mol. The minimum absolute atomic E-state index is 0.116. The fourth-order valence-electron chi connectivity index (χ4n) is 3.02. The molecule has 2 atom stereocenters. The van der Waals surface area contributed by atoms with Crippen molar-refractivity contribution in [3.63, 3.8) is 0 Å². The van der Waals surface area contributed by atoms with E-state index < -0.39 is 0 Å². The highest BCUT2D eigenvalue weighted by Crippen LogP contribution is 2.19. The first-order chi connectivity index (χ1) is 9.83. The van der Waals surface area contributed by atoms with E-state index in [4.69, 9.17) is 4.42 Å². The summed E-state index contributed by atoms with van der Waals surface area (Å²) in [6.45, 7) is 3.20. The van der Waals surface area contributed by atoms with Crippen molar-refractivity contribution < 1.29 is 14.1 Å². The van der Waals surface area contributed by atoms with Crippen molar-refractivity contribution in [1.29, 1.82) is 0 Å². The molecule has 1 N–H and O–H groups in total. The summed E-state index contributed by atoms with van der Waals surface area (Å²) >= 11 is 0. The van der Waals surface area contributed by atoms with Crippen LogP contribution >= 0.6 is 0 Å². The van der Waals surface area contributed by atoms with Crippen LogP contribution in [0, 0.1) is 0 Å². The number of furan rings is 1. The van der Waals surface area contributed by atoms with E-state index in [0.717, 1.165) is 19.6 Å². The number of hydrogen-bond donors (Lipinski definition) is 1. The third-order valence-electron chi connectivity index (χ3n) is 4.15. The molecule has 0 amide bonds. The molecule has 1 aliphatic heterocycles. The van der Waals surface area contributed by atoms with Gasteiger partial charge in [0.2, 0.25) is 5.78 Å². The number of hydrogen-bond acceptors (Lipinski definition) is 2. The molecule has 2 heterocycles. The Morgan fingerprint density at radius 3 is 2.80 bits per heavy atom. The molecule has 2 aromatic rings. The predicted molar refractivity (Wildman–Crippen MR) is 77.0 cm³/mol. The first-order valence-corrected chi connectivity index (χ1v) is 7.28. The van der Waals surface area contributed by atoms with Gasteiger partial charge in [0.15, 0.2) is 5.76 Å². The quantitative estimate of drug-likeness (QED) is 0.842. The summed E-state index contributed by atoms with van der Waals surface area (Å²) in [7, 11) is 0. The summed E-state index contributed by atoms with van der Waals surface area (Å²) in [5.74, 6) is 1.25. The molecule has 0 aliphatic carbocycles. The standard InChI is InChI=1S/C17H19NO2/c19-16(17-7-4-12-20-17)9-11-18-10-8-15(13-18)14-5-2-1-3-6-14/h1-7,12,15H,8-11,13H2/p+1/t15-/m0/s1. The van der Waals surface area contributed by atoms with Gasteiger partial charge < -0.3 is 9.32 Å². The number of ketones is 1. The van der Waals surface area contributed by atoms with E-state index in [-0.39, 0.29) is 5.78 Å². The second kappa shape index (κ2) is 6.06. The van der Waals surface area contributed by atoms with Crippen LogP contribution in [-0.4, -0.2) is 25.4 Å². The zero-order valence-corrected chi connectivity index (χ0v) is 11.5. The lowest BCUT2D eigenvalue weighted by molar-refractivity contribution is -0.887. The van der Waals surface area contributed by atoms with Crippen LogP contribution in [0.2, 0.25) is 0 Å². The molecule has 3 nitrogen and oxygen atoms in total. The summed E-state index contributed by atoms with van der Waals surface area (Å²) in [5, 5.41) is 0. The normalized spacial score (nSPS) is 22.0. The Kier molecular flexibility index (Phi) is 3.97. The third-order valence-corrected chi connectivity index (χ3v) is 4.15. The number of rotatable bonds is 5. The summed E-state index contributed by atoms with van der Waals surface area (Å²) < 4.78 is 5.14. The van der Waals surface area contributed by atoms with Crippen LogP contribution in [0.25, 0.3) is 0 Å². The highest BCUT2D eigenvalue weighted by atomic mass is 16.3. The number of benzene rings is 1. The van der Waals surface area contributed by atoms with Gasteiger partial charge in [0.25, 0.3) is 0 Å². The zero-order chi connectivity index (χ0) is 13.8. The fraction of sp³-hybridized carbons (Fsp3) is 0.353. The summed E-state index contributed by atoms with van der Waals surface area (Å²) in [6, 6.07) is 14.2.